The maximum absolute atomic E-state index is 5.91. The largest absolute Gasteiger partial charge is 0.384 e. The third-order valence-electron chi connectivity index (χ3n) is 3.01. The highest BCUT2D eigenvalue weighted by Crippen LogP contribution is 2.28. The van der Waals surface area contributed by atoms with Gasteiger partial charge in [0.25, 0.3) is 0 Å². The van der Waals surface area contributed by atoms with Gasteiger partial charge in [0.1, 0.15) is 11.6 Å². The van der Waals surface area contributed by atoms with Gasteiger partial charge in [0.2, 0.25) is 0 Å². The van der Waals surface area contributed by atoms with Gasteiger partial charge in [-0.05, 0) is 34.5 Å². The molecule has 2 aromatic carbocycles. The minimum absolute atomic E-state index is 0.442. The van der Waals surface area contributed by atoms with Gasteiger partial charge in [0.15, 0.2) is 0 Å². The summed E-state index contributed by atoms with van der Waals surface area (Å²) in [5, 5.41) is 2.40. The highest BCUT2D eigenvalue weighted by atomic mass is 14.9. The summed E-state index contributed by atoms with van der Waals surface area (Å²) >= 11 is 0. The molecule has 1 aromatic heterocycles. The molecule has 0 aliphatic rings. The molecule has 3 heteroatoms. The first-order valence-corrected chi connectivity index (χ1v) is 5.75. The lowest BCUT2D eigenvalue weighted by Crippen LogP contribution is -1.98. The van der Waals surface area contributed by atoms with Crippen LogP contribution in [-0.4, -0.2) is 4.98 Å². The molecular formula is C15H13N3. The second kappa shape index (κ2) is 4.04. The maximum Gasteiger partial charge on any atom is 0.133 e. The summed E-state index contributed by atoms with van der Waals surface area (Å²) in [6, 6.07) is 18.1. The monoisotopic (exact) mass is 235 g/mol. The zero-order valence-electron chi connectivity index (χ0n) is 9.80. The van der Waals surface area contributed by atoms with Crippen LogP contribution in [0.4, 0.5) is 11.6 Å². The van der Waals surface area contributed by atoms with E-state index in [1.54, 1.807) is 6.07 Å². The minimum Gasteiger partial charge on any atom is -0.384 e. The lowest BCUT2D eigenvalue weighted by atomic mass is 10.0. The van der Waals surface area contributed by atoms with E-state index in [0.717, 1.165) is 11.1 Å². The van der Waals surface area contributed by atoms with Crippen molar-refractivity contribution >= 4 is 22.4 Å². The minimum atomic E-state index is 0.442. The molecule has 0 atom stereocenters. The number of fused-ring (bicyclic) bond motifs is 1. The Bertz CT molecular complexity index is 720. The van der Waals surface area contributed by atoms with Crippen molar-refractivity contribution in [2.24, 2.45) is 0 Å². The van der Waals surface area contributed by atoms with Crippen LogP contribution >= 0.6 is 0 Å². The van der Waals surface area contributed by atoms with Crippen LogP contribution in [0.2, 0.25) is 0 Å². The number of pyridine rings is 1. The second-order valence-electron chi connectivity index (χ2n) is 4.23. The van der Waals surface area contributed by atoms with E-state index in [0.29, 0.717) is 11.6 Å². The van der Waals surface area contributed by atoms with Crippen LogP contribution in [0.5, 0.6) is 0 Å². The number of nitrogen functional groups attached to an aromatic ring is 2. The number of nitrogens with two attached hydrogens (primary N) is 2. The Morgan fingerprint density at radius 3 is 2.33 bits per heavy atom. The summed E-state index contributed by atoms with van der Waals surface area (Å²) in [7, 11) is 0. The lowest BCUT2D eigenvalue weighted by Gasteiger charge is -2.07. The number of benzene rings is 2. The van der Waals surface area contributed by atoms with Gasteiger partial charge >= 0.3 is 0 Å². The highest BCUT2D eigenvalue weighted by molar-refractivity contribution is 5.89. The van der Waals surface area contributed by atoms with Gasteiger partial charge in [-0.3, -0.25) is 0 Å². The van der Waals surface area contributed by atoms with Crippen LogP contribution in [0, 0.1) is 0 Å². The van der Waals surface area contributed by atoms with E-state index >= 15 is 0 Å². The number of hydrogen-bond acceptors (Lipinski definition) is 3. The van der Waals surface area contributed by atoms with Crippen molar-refractivity contribution in [3.8, 4) is 11.1 Å². The molecule has 0 spiro atoms. The van der Waals surface area contributed by atoms with Crippen molar-refractivity contribution in [1.82, 2.24) is 4.98 Å². The molecule has 4 N–H and O–H groups in total. The first-order valence-electron chi connectivity index (χ1n) is 5.75. The first-order chi connectivity index (χ1) is 8.74. The third-order valence-corrected chi connectivity index (χ3v) is 3.01. The SMILES string of the molecule is Nc1ccc(-c2ccc3ccccc3c2)c(N)n1. The fourth-order valence-corrected chi connectivity index (χ4v) is 2.09. The van der Waals surface area contributed by atoms with Crippen LogP contribution in [-0.2, 0) is 0 Å². The van der Waals surface area contributed by atoms with Crippen LogP contribution in [0.3, 0.4) is 0 Å². The Labute approximate surface area is 105 Å². The number of hydrogen-bond donors (Lipinski definition) is 2. The van der Waals surface area contributed by atoms with Crippen LogP contribution in [0.1, 0.15) is 0 Å². The van der Waals surface area contributed by atoms with Gasteiger partial charge in [-0.2, -0.15) is 0 Å². The Hall–Kier alpha value is -2.55. The number of rotatable bonds is 1. The molecule has 3 aromatic rings. The lowest BCUT2D eigenvalue weighted by molar-refractivity contribution is 1.34. The average Bonchev–Trinajstić information content (AvgIpc) is 2.38. The van der Waals surface area contributed by atoms with Crippen LogP contribution in [0.25, 0.3) is 21.9 Å². The summed E-state index contributed by atoms with van der Waals surface area (Å²) in [5.74, 6) is 0.905. The van der Waals surface area contributed by atoms with Crippen molar-refractivity contribution in [3.63, 3.8) is 0 Å². The van der Waals surface area contributed by atoms with E-state index in [-0.39, 0.29) is 0 Å². The topological polar surface area (TPSA) is 64.9 Å². The van der Waals surface area contributed by atoms with Gasteiger partial charge in [-0.15, -0.1) is 0 Å². The molecule has 18 heavy (non-hydrogen) atoms. The van der Waals surface area contributed by atoms with Gasteiger partial charge in [-0.25, -0.2) is 4.98 Å². The number of aromatic nitrogens is 1. The van der Waals surface area contributed by atoms with Crippen LogP contribution < -0.4 is 11.5 Å². The molecular weight excluding hydrogens is 222 g/mol. The summed E-state index contributed by atoms with van der Waals surface area (Å²) in [5.41, 5.74) is 13.5. The molecule has 0 saturated heterocycles. The molecule has 0 aliphatic carbocycles. The van der Waals surface area contributed by atoms with E-state index < -0.39 is 0 Å². The van der Waals surface area contributed by atoms with Gasteiger partial charge in [0, 0.05) is 5.56 Å². The molecule has 0 radical (unpaired) electrons. The molecule has 0 unspecified atom stereocenters. The predicted octanol–water partition coefficient (Wildman–Crippen LogP) is 3.07. The molecule has 0 bridgehead atoms. The Morgan fingerprint density at radius 2 is 1.56 bits per heavy atom. The molecule has 88 valence electrons. The zero-order valence-corrected chi connectivity index (χ0v) is 9.80. The van der Waals surface area contributed by atoms with Crippen molar-refractivity contribution in [2.45, 2.75) is 0 Å². The normalized spacial score (nSPS) is 10.7. The first kappa shape index (κ1) is 10.6. The summed E-state index contributed by atoms with van der Waals surface area (Å²) < 4.78 is 0. The van der Waals surface area contributed by atoms with Crippen molar-refractivity contribution in [1.29, 1.82) is 0 Å². The van der Waals surface area contributed by atoms with Crippen molar-refractivity contribution in [3.05, 3.63) is 54.6 Å². The maximum atomic E-state index is 5.91. The predicted molar refractivity (Wildman–Crippen MR) is 76.0 cm³/mol. The Kier molecular flexibility index (Phi) is 2.38. The summed E-state index contributed by atoms with van der Waals surface area (Å²) in [4.78, 5) is 4.09. The molecule has 0 fully saturated rings. The molecule has 3 nitrogen and oxygen atoms in total. The fraction of sp³-hybridized carbons (Fsp3) is 0. The van der Waals surface area contributed by atoms with Crippen molar-refractivity contribution < 1.29 is 0 Å². The quantitative estimate of drug-likeness (QED) is 0.681. The van der Waals surface area contributed by atoms with E-state index in [1.165, 1.54) is 10.8 Å². The molecule has 0 aliphatic heterocycles. The number of nitrogens with zero attached hydrogens (tertiary/aromatic N) is 1. The smallest absolute Gasteiger partial charge is 0.133 e. The van der Waals surface area contributed by atoms with E-state index in [2.05, 4.69) is 29.2 Å². The van der Waals surface area contributed by atoms with Crippen LogP contribution in [0.15, 0.2) is 54.6 Å². The molecule has 0 amide bonds. The van der Waals surface area contributed by atoms with Gasteiger partial charge < -0.3 is 11.5 Å². The van der Waals surface area contributed by atoms with E-state index in [4.69, 9.17) is 11.5 Å². The van der Waals surface area contributed by atoms with Gasteiger partial charge in [0.05, 0.1) is 0 Å². The second-order valence-corrected chi connectivity index (χ2v) is 4.23. The third kappa shape index (κ3) is 1.76. The fourth-order valence-electron chi connectivity index (χ4n) is 2.09. The number of anilines is 2. The highest BCUT2D eigenvalue weighted by Gasteiger charge is 2.05. The van der Waals surface area contributed by atoms with E-state index in [1.807, 2.05) is 24.3 Å². The average molecular weight is 235 g/mol. The zero-order chi connectivity index (χ0) is 12.5. The molecule has 0 saturated carbocycles. The summed E-state index contributed by atoms with van der Waals surface area (Å²) in [6.45, 7) is 0. The van der Waals surface area contributed by atoms with E-state index in [9.17, 15) is 0 Å². The summed E-state index contributed by atoms with van der Waals surface area (Å²) in [6.07, 6.45) is 0. The van der Waals surface area contributed by atoms with Gasteiger partial charge in [-0.1, -0.05) is 36.4 Å². The Morgan fingerprint density at radius 1 is 0.778 bits per heavy atom. The Balaban J connectivity index is 2.19. The molecule has 3 rings (SSSR count). The standard InChI is InChI=1S/C15H13N3/c16-14-8-7-13(15(17)18-14)12-6-5-10-3-1-2-4-11(10)9-12/h1-9H,(H4,16,17,18). The van der Waals surface area contributed by atoms with Crippen molar-refractivity contribution in [2.75, 3.05) is 11.5 Å². The molecule has 1 heterocycles.